The number of amides is 2. The van der Waals surface area contributed by atoms with Crippen LogP contribution in [0.1, 0.15) is 62.3 Å². The molecule has 0 spiro atoms. The first-order valence-electron chi connectivity index (χ1n) is 7.41. The number of ether oxygens (including phenoxy) is 1. The van der Waals surface area contributed by atoms with E-state index in [1.165, 1.54) is 11.3 Å². The van der Waals surface area contributed by atoms with Gasteiger partial charge in [0.05, 0.1) is 16.8 Å². The van der Waals surface area contributed by atoms with E-state index in [9.17, 15) is 9.59 Å². The van der Waals surface area contributed by atoms with Crippen molar-refractivity contribution in [2.45, 2.75) is 59.2 Å². The number of fused-ring (bicyclic) bond motifs is 1. The van der Waals surface area contributed by atoms with Crippen LogP contribution in [0, 0.1) is 5.92 Å². The van der Waals surface area contributed by atoms with E-state index in [1.807, 2.05) is 41.5 Å². The SMILES string of the molecule is CC(C)C(=O)Nc1sc2c(c1C(N)=O)CC(C)(C)OC2(C)C. The fourth-order valence-corrected chi connectivity index (χ4v) is 4.19. The molecule has 1 aromatic heterocycles. The summed E-state index contributed by atoms with van der Waals surface area (Å²) in [7, 11) is 0. The van der Waals surface area contributed by atoms with Crippen LogP contribution in [0.25, 0.3) is 0 Å². The largest absolute Gasteiger partial charge is 0.365 e. The number of carbonyl (C=O) groups is 2. The molecule has 1 aliphatic heterocycles. The average Bonchev–Trinajstić information content (AvgIpc) is 2.65. The van der Waals surface area contributed by atoms with Crippen molar-refractivity contribution in [2.24, 2.45) is 11.7 Å². The quantitative estimate of drug-likeness (QED) is 0.896. The zero-order chi connectivity index (χ0) is 16.9. The lowest BCUT2D eigenvalue weighted by molar-refractivity contribution is -0.135. The van der Waals surface area contributed by atoms with Gasteiger partial charge in [0.15, 0.2) is 0 Å². The first-order valence-corrected chi connectivity index (χ1v) is 8.23. The van der Waals surface area contributed by atoms with E-state index in [-0.39, 0.29) is 17.4 Å². The number of nitrogens with two attached hydrogens (primary N) is 1. The highest BCUT2D eigenvalue weighted by atomic mass is 32.1. The minimum atomic E-state index is -0.521. The molecule has 0 fully saturated rings. The number of anilines is 1. The van der Waals surface area contributed by atoms with E-state index in [4.69, 9.17) is 10.5 Å². The van der Waals surface area contributed by atoms with Gasteiger partial charge < -0.3 is 15.8 Å². The highest BCUT2D eigenvalue weighted by molar-refractivity contribution is 7.17. The maximum Gasteiger partial charge on any atom is 0.251 e. The van der Waals surface area contributed by atoms with E-state index >= 15 is 0 Å². The highest BCUT2D eigenvalue weighted by Gasteiger charge is 2.42. The third kappa shape index (κ3) is 3.03. The Kier molecular flexibility index (Phi) is 4.13. The molecule has 5 nitrogen and oxygen atoms in total. The Bertz CT molecular complexity index is 630. The maximum atomic E-state index is 12.0. The van der Waals surface area contributed by atoms with Gasteiger partial charge in [0, 0.05) is 17.2 Å². The minimum absolute atomic E-state index is 0.126. The van der Waals surface area contributed by atoms with Crippen LogP contribution in [-0.4, -0.2) is 17.4 Å². The third-order valence-electron chi connectivity index (χ3n) is 3.70. The molecule has 1 aliphatic rings. The van der Waals surface area contributed by atoms with E-state index in [0.29, 0.717) is 17.0 Å². The van der Waals surface area contributed by atoms with Gasteiger partial charge in [-0.3, -0.25) is 9.59 Å². The molecule has 22 heavy (non-hydrogen) atoms. The van der Waals surface area contributed by atoms with Crippen LogP contribution in [0.15, 0.2) is 0 Å². The van der Waals surface area contributed by atoms with Gasteiger partial charge in [0.25, 0.3) is 5.91 Å². The average molecular weight is 324 g/mol. The van der Waals surface area contributed by atoms with Gasteiger partial charge >= 0.3 is 0 Å². The second-order valence-corrected chi connectivity index (χ2v) is 8.19. The van der Waals surface area contributed by atoms with Crippen LogP contribution < -0.4 is 11.1 Å². The van der Waals surface area contributed by atoms with Gasteiger partial charge in [-0.1, -0.05) is 13.8 Å². The van der Waals surface area contributed by atoms with Crippen LogP contribution in [0.4, 0.5) is 5.00 Å². The number of carbonyl (C=O) groups excluding carboxylic acids is 2. The van der Waals surface area contributed by atoms with Crippen molar-refractivity contribution in [1.82, 2.24) is 0 Å². The smallest absolute Gasteiger partial charge is 0.251 e. The second-order valence-electron chi connectivity index (χ2n) is 7.17. The number of rotatable bonds is 3. The molecule has 0 saturated heterocycles. The standard InChI is InChI=1S/C16H24N2O3S/c1-8(2)13(20)18-14-10(12(17)19)9-7-15(3,4)21-16(5,6)11(9)22-14/h8H,7H2,1-6H3,(H2,17,19)(H,18,20). The van der Waals surface area contributed by atoms with Crippen LogP contribution >= 0.6 is 11.3 Å². The molecule has 3 N–H and O–H groups in total. The van der Waals surface area contributed by atoms with E-state index in [1.54, 1.807) is 0 Å². The van der Waals surface area contributed by atoms with Crippen molar-refractivity contribution < 1.29 is 14.3 Å². The molecular formula is C16H24N2O3S. The summed E-state index contributed by atoms with van der Waals surface area (Å²) in [6.07, 6.45) is 0.595. The van der Waals surface area contributed by atoms with Crippen LogP contribution in [0.5, 0.6) is 0 Å². The Morgan fingerprint density at radius 2 is 1.86 bits per heavy atom. The molecule has 6 heteroatoms. The molecule has 1 aromatic rings. The summed E-state index contributed by atoms with van der Waals surface area (Å²) in [5.74, 6) is -0.801. The summed E-state index contributed by atoms with van der Waals surface area (Å²) in [6, 6.07) is 0. The van der Waals surface area contributed by atoms with Gasteiger partial charge in [0.1, 0.15) is 5.00 Å². The topological polar surface area (TPSA) is 81.4 Å². The normalized spacial score (nSPS) is 18.9. The van der Waals surface area contributed by atoms with Crippen molar-refractivity contribution in [3.05, 3.63) is 16.0 Å². The van der Waals surface area contributed by atoms with Crippen LogP contribution in [0.2, 0.25) is 0 Å². The lowest BCUT2D eigenvalue weighted by atomic mass is 9.86. The summed E-state index contributed by atoms with van der Waals surface area (Å²) >= 11 is 1.39. The van der Waals surface area contributed by atoms with Crippen molar-refractivity contribution in [1.29, 1.82) is 0 Å². The van der Waals surface area contributed by atoms with E-state index in [0.717, 1.165) is 10.4 Å². The minimum Gasteiger partial charge on any atom is -0.365 e. The molecule has 2 rings (SSSR count). The lowest BCUT2D eigenvalue weighted by Crippen LogP contribution is -2.42. The molecule has 0 aliphatic carbocycles. The summed E-state index contributed by atoms with van der Waals surface area (Å²) in [4.78, 5) is 24.9. The first kappa shape index (κ1) is 17.0. The molecule has 2 heterocycles. The summed E-state index contributed by atoms with van der Waals surface area (Å²) < 4.78 is 6.13. The Labute approximate surface area is 135 Å². The van der Waals surface area contributed by atoms with E-state index in [2.05, 4.69) is 5.32 Å². The molecule has 122 valence electrons. The van der Waals surface area contributed by atoms with Gasteiger partial charge in [-0.25, -0.2) is 0 Å². The van der Waals surface area contributed by atoms with Gasteiger partial charge in [-0.15, -0.1) is 11.3 Å². The molecule has 2 amide bonds. The van der Waals surface area contributed by atoms with E-state index < -0.39 is 11.5 Å². The molecular weight excluding hydrogens is 300 g/mol. The summed E-state index contributed by atoms with van der Waals surface area (Å²) in [6.45, 7) is 11.6. The Morgan fingerprint density at radius 1 is 1.27 bits per heavy atom. The third-order valence-corrected chi connectivity index (χ3v) is 5.15. The van der Waals surface area contributed by atoms with Crippen molar-refractivity contribution in [3.63, 3.8) is 0 Å². The predicted octanol–water partition coefficient (Wildman–Crippen LogP) is 3.03. The predicted molar refractivity (Wildman–Crippen MR) is 88.2 cm³/mol. The number of thiophene rings is 1. The van der Waals surface area contributed by atoms with Crippen molar-refractivity contribution in [2.75, 3.05) is 5.32 Å². The highest BCUT2D eigenvalue weighted by Crippen LogP contribution is 2.48. The number of primary amides is 1. The maximum absolute atomic E-state index is 12.0. The summed E-state index contributed by atoms with van der Waals surface area (Å²) in [5.41, 5.74) is 6.01. The number of hydrogen-bond acceptors (Lipinski definition) is 4. The summed E-state index contributed by atoms with van der Waals surface area (Å²) in [5, 5.41) is 3.37. The van der Waals surface area contributed by atoms with Crippen LogP contribution in [-0.2, 0) is 21.6 Å². The first-order chi connectivity index (χ1) is 9.94. The zero-order valence-corrected chi connectivity index (χ0v) is 14.8. The molecule has 0 unspecified atom stereocenters. The van der Waals surface area contributed by atoms with Gasteiger partial charge in [0.2, 0.25) is 5.91 Å². The van der Waals surface area contributed by atoms with Gasteiger partial charge in [-0.05, 0) is 33.3 Å². The molecule has 0 bridgehead atoms. The monoisotopic (exact) mass is 324 g/mol. The zero-order valence-electron chi connectivity index (χ0n) is 14.0. The molecule has 0 aromatic carbocycles. The second kappa shape index (κ2) is 5.35. The number of nitrogens with one attached hydrogen (secondary N) is 1. The Hall–Kier alpha value is -1.40. The van der Waals surface area contributed by atoms with Crippen molar-refractivity contribution in [3.8, 4) is 0 Å². The number of hydrogen-bond donors (Lipinski definition) is 2. The van der Waals surface area contributed by atoms with Gasteiger partial charge in [-0.2, -0.15) is 0 Å². The fourth-order valence-electron chi connectivity index (χ4n) is 2.92. The lowest BCUT2D eigenvalue weighted by Gasteiger charge is -2.41. The van der Waals surface area contributed by atoms with Crippen LogP contribution in [0.3, 0.4) is 0 Å². The molecule has 0 atom stereocenters. The Balaban J connectivity index is 2.58. The molecule has 0 saturated carbocycles. The fraction of sp³-hybridized carbons (Fsp3) is 0.625. The molecule has 0 radical (unpaired) electrons. The Morgan fingerprint density at radius 3 is 2.36 bits per heavy atom. The van der Waals surface area contributed by atoms with Crippen molar-refractivity contribution >= 4 is 28.2 Å².